The van der Waals surface area contributed by atoms with Gasteiger partial charge in [-0.3, -0.25) is 4.79 Å². The summed E-state index contributed by atoms with van der Waals surface area (Å²) in [5, 5.41) is 20.3. The number of anilines is 1. The van der Waals surface area contributed by atoms with E-state index in [-0.39, 0.29) is 11.3 Å². The molecule has 2 aromatic rings. The molecule has 2 N–H and O–H groups in total. The summed E-state index contributed by atoms with van der Waals surface area (Å²) < 4.78 is 44.7. The van der Waals surface area contributed by atoms with E-state index >= 15 is 0 Å². The molecule has 6 nitrogen and oxygen atoms in total. The number of rotatable bonds is 6. The molecule has 2 rings (SSSR count). The van der Waals surface area contributed by atoms with E-state index in [1.807, 2.05) is 45.2 Å². The van der Waals surface area contributed by atoms with Crippen molar-refractivity contribution < 1.29 is 32.6 Å². The van der Waals surface area contributed by atoms with Crippen molar-refractivity contribution in [3.63, 3.8) is 0 Å². The minimum absolute atomic E-state index is 0.0995. The first-order chi connectivity index (χ1) is 14.0. The van der Waals surface area contributed by atoms with Gasteiger partial charge in [0.25, 0.3) is 5.91 Å². The fourth-order valence-corrected chi connectivity index (χ4v) is 4.35. The summed E-state index contributed by atoms with van der Waals surface area (Å²) >= 11 is 3.84. The molecule has 2 aromatic carbocycles. The lowest BCUT2D eigenvalue weighted by Crippen LogP contribution is -2.14. The van der Waals surface area contributed by atoms with Crippen molar-refractivity contribution in [1.82, 2.24) is 0 Å². The maximum Gasteiger partial charge on any atom is 0.416 e. The first kappa shape index (κ1) is 23.9. The highest BCUT2D eigenvalue weighted by Crippen LogP contribution is 2.31. The van der Waals surface area contributed by atoms with Crippen LogP contribution in [0.2, 0.25) is 0 Å². The van der Waals surface area contributed by atoms with E-state index in [0.29, 0.717) is 18.5 Å². The summed E-state index contributed by atoms with van der Waals surface area (Å²) in [7, 11) is 0. The van der Waals surface area contributed by atoms with Crippen molar-refractivity contribution in [2.45, 2.75) is 6.18 Å². The van der Waals surface area contributed by atoms with Gasteiger partial charge in [-0.05, 0) is 87.2 Å². The lowest BCUT2D eigenvalue weighted by Gasteiger charge is -2.11. The Kier molecular flexibility index (Phi) is 8.07. The number of nitrogens with zero attached hydrogens (tertiary/aromatic N) is 1. The van der Waals surface area contributed by atoms with Crippen molar-refractivity contribution in [1.29, 1.82) is 5.26 Å². The molecule has 0 bridgehead atoms. The molecule has 0 spiro atoms. The number of ether oxygens (including phenoxy) is 1. The van der Waals surface area contributed by atoms with E-state index in [9.17, 15) is 28.0 Å². The van der Waals surface area contributed by atoms with Crippen molar-refractivity contribution >= 4 is 68.8 Å². The number of hydrogen-bond acceptors (Lipinski definition) is 4. The van der Waals surface area contributed by atoms with Gasteiger partial charge in [0.05, 0.1) is 12.7 Å². The Morgan fingerprint density at radius 3 is 2.37 bits per heavy atom. The number of carbonyl (C=O) groups is 2. The molecule has 0 saturated heterocycles. The molecule has 1 amide bonds. The highest BCUT2D eigenvalue weighted by molar-refractivity contribution is 14.1. The lowest BCUT2D eigenvalue weighted by atomic mass is 10.1. The number of alkyl halides is 3. The molecular weight excluding hydrogens is 631 g/mol. The van der Waals surface area contributed by atoms with Crippen LogP contribution in [-0.2, 0) is 15.8 Å². The number of nitriles is 1. The van der Waals surface area contributed by atoms with Gasteiger partial charge in [-0.25, -0.2) is 4.79 Å². The van der Waals surface area contributed by atoms with Crippen LogP contribution in [0.15, 0.2) is 42.0 Å². The monoisotopic (exact) mass is 642 g/mol. The summed E-state index contributed by atoms with van der Waals surface area (Å²) in [6.45, 7) is -0.524. The number of carboxylic acids is 1. The van der Waals surface area contributed by atoms with Gasteiger partial charge in [0.15, 0.2) is 6.61 Å². The van der Waals surface area contributed by atoms with Crippen LogP contribution in [-0.4, -0.2) is 23.6 Å². The Hall–Kier alpha value is -2.34. The Labute approximate surface area is 196 Å². The summed E-state index contributed by atoms with van der Waals surface area (Å²) in [6.07, 6.45) is -3.29. The second-order valence-electron chi connectivity index (χ2n) is 5.70. The zero-order valence-corrected chi connectivity index (χ0v) is 19.1. The van der Waals surface area contributed by atoms with Crippen molar-refractivity contribution in [3.05, 3.63) is 60.2 Å². The second-order valence-corrected chi connectivity index (χ2v) is 8.02. The van der Waals surface area contributed by atoms with Crippen molar-refractivity contribution in [2.24, 2.45) is 0 Å². The molecular formula is C19H11F3I2N2O4. The maximum absolute atomic E-state index is 12.8. The average molecular weight is 642 g/mol. The quantitative estimate of drug-likeness (QED) is 0.265. The Bertz CT molecular complexity index is 1040. The lowest BCUT2D eigenvalue weighted by molar-refractivity contribution is -0.139. The molecule has 0 radical (unpaired) electrons. The first-order valence-corrected chi connectivity index (χ1v) is 10.1. The van der Waals surface area contributed by atoms with Gasteiger partial charge in [0, 0.05) is 5.69 Å². The molecule has 0 aliphatic carbocycles. The molecule has 11 heteroatoms. The molecule has 0 unspecified atom stereocenters. The van der Waals surface area contributed by atoms with Crippen molar-refractivity contribution in [3.8, 4) is 11.8 Å². The summed E-state index contributed by atoms with van der Waals surface area (Å²) in [6, 6.07) is 8.95. The van der Waals surface area contributed by atoms with Crippen LogP contribution < -0.4 is 10.1 Å². The van der Waals surface area contributed by atoms with Crippen LogP contribution in [0.25, 0.3) is 6.08 Å². The summed E-state index contributed by atoms with van der Waals surface area (Å²) in [4.78, 5) is 23.0. The number of halogens is 5. The zero-order valence-electron chi connectivity index (χ0n) is 14.8. The third-order valence-electron chi connectivity index (χ3n) is 3.48. The van der Waals surface area contributed by atoms with Crippen LogP contribution in [0.3, 0.4) is 0 Å². The number of carbonyl (C=O) groups excluding carboxylic acids is 1. The first-order valence-electron chi connectivity index (χ1n) is 7.95. The van der Waals surface area contributed by atoms with Gasteiger partial charge in [0.1, 0.15) is 17.4 Å². The summed E-state index contributed by atoms with van der Waals surface area (Å²) in [5.41, 5.74) is -0.887. The Balaban J connectivity index is 2.26. The third kappa shape index (κ3) is 6.59. The van der Waals surface area contributed by atoms with E-state index in [0.717, 1.165) is 18.2 Å². The topological polar surface area (TPSA) is 99.4 Å². The number of carboxylic acid groups (broad SMARTS) is 1. The van der Waals surface area contributed by atoms with E-state index < -0.39 is 30.2 Å². The van der Waals surface area contributed by atoms with Crippen LogP contribution in [0, 0.1) is 18.5 Å². The van der Waals surface area contributed by atoms with E-state index in [4.69, 9.17) is 9.84 Å². The number of aliphatic carboxylic acids is 1. The average Bonchev–Trinajstić information content (AvgIpc) is 2.64. The van der Waals surface area contributed by atoms with Gasteiger partial charge in [0.2, 0.25) is 0 Å². The van der Waals surface area contributed by atoms with Crippen LogP contribution >= 0.6 is 45.2 Å². The van der Waals surface area contributed by atoms with Gasteiger partial charge in [-0.1, -0.05) is 6.07 Å². The molecule has 0 aromatic heterocycles. The van der Waals surface area contributed by atoms with Crippen LogP contribution in [0.4, 0.5) is 18.9 Å². The fraction of sp³-hybridized carbons (Fsp3) is 0.105. The van der Waals surface area contributed by atoms with Gasteiger partial charge in [-0.2, -0.15) is 18.4 Å². The molecule has 156 valence electrons. The number of nitrogens with one attached hydrogen (secondary N) is 1. The predicted molar refractivity (Wildman–Crippen MR) is 119 cm³/mol. The van der Waals surface area contributed by atoms with Crippen LogP contribution in [0.5, 0.6) is 5.75 Å². The molecule has 0 fully saturated rings. The predicted octanol–water partition coefficient (Wildman–Crippen LogP) is 4.92. The third-order valence-corrected chi connectivity index (χ3v) is 5.09. The number of amides is 1. The van der Waals surface area contributed by atoms with E-state index in [2.05, 4.69) is 5.32 Å². The molecule has 0 saturated carbocycles. The molecule has 30 heavy (non-hydrogen) atoms. The second kappa shape index (κ2) is 10.1. The van der Waals surface area contributed by atoms with Crippen molar-refractivity contribution in [2.75, 3.05) is 11.9 Å². The highest BCUT2D eigenvalue weighted by atomic mass is 127. The summed E-state index contributed by atoms with van der Waals surface area (Å²) in [5.74, 6) is -1.65. The SMILES string of the molecule is N#C/C(=C/c1cc(I)c(OCC(=O)O)c(I)c1)C(=O)Nc1cccc(C(F)(F)F)c1. The largest absolute Gasteiger partial charge is 0.480 e. The minimum atomic E-state index is -4.56. The fourth-order valence-electron chi connectivity index (χ4n) is 2.22. The number of hydrogen-bond donors (Lipinski definition) is 2. The Morgan fingerprint density at radius 2 is 1.83 bits per heavy atom. The normalized spacial score (nSPS) is 11.5. The maximum atomic E-state index is 12.8. The molecule has 0 atom stereocenters. The van der Waals surface area contributed by atoms with E-state index in [1.165, 1.54) is 12.1 Å². The minimum Gasteiger partial charge on any atom is -0.480 e. The van der Waals surface area contributed by atoms with Gasteiger partial charge >= 0.3 is 12.1 Å². The van der Waals surface area contributed by atoms with E-state index in [1.54, 1.807) is 18.2 Å². The van der Waals surface area contributed by atoms with Gasteiger partial charge < -0.3 is 15.2 Å². The van der Waals surface area contributed by atoms with Crippen LogP contribution in [0.1, 0.15) is 11.1 Å². The molecule has 0 aliphatic rings. The Morgan fingerprint density at radius 1 is 1.20 bits per heavy atom. The smallest absolute Gasteiger partial charge is 0.416 e. The highest BCUT2D eigenvalue weighted by Gasteiger charge is 2.30. The number of benzene rings is 2. The standard InChI is InChI=1S/C19H11F3I2N2O4/c20-19(21,22)12-2-1-3-13(7-12)26-18(29)11(8-25)4-10-5-14(23)17(15(24)6-10)30-9-16(27)28/h1-7H,9H2,(H,26,29)(H,27,28)/b11-4-. The molecule has 0 aliphatic heterocycles. The zero-order chi connectivity index (χ0) is 22.5. The molecule has 0 heterocycles. The van der Waals surface area contributed by atoms with Gasteiger partial charge in [-0.15, -0.1) is 0 Å².